The third-order valence-electron chi connectivity index (χ3n) is 5.30. The first-order chi connectivity index (χ1) is 11.1. The van der Waals surface area contributed by atoms with Crippen LogP contribution < -0.4 is 0 Å². The Morgan fingerprint density at radius 3 is 1.65 bits per heavy atom. The normalized spacial score (nSPS) is 23.4. The summed E-state index contributed by atoms with van der Waals surface area (Å²) in [5, 5.41) is 0. The van der Waals surface area contributed by atoms with Crippen LogP contribution in [0.4, 0.5) is 0 Å². The molecule has 23 heavy (non-hydrogen) atoms. The molecule has 0 fully saturated rings. The van der Waals surface area contributed by atoms with Gasteiger partial charge in [-0.2, -0.15) is 0 Å². The van der Waals surface area contributed by atoms with Crippen LogP contribution in [0, 0.1) is 0 Å². The fourth-order valence-corrected chi connectivity index (χ4v) is 9.15. The van der Waals surface area contributed by atoms with Gasteiger partial charge in [-0.15, -0.1) is 0 Å². The summed E-state index contributed by atoms with van der Waals surface area (Å²) in [6.07, 6.45) is 9.07. The van der Waals surface area contributed by atoms with Gasteiger partial charge in [-0.1, -0.05) is 0 Å². The van der Waals surface area contributed by atoms with Gasteiger partial charge in [0.15, 0.2) is 0 Å². The van der Waals surface area contributed by atoms with Gasteiger partial charge in [0.2, 0.25) is 0 Å². The Balaban J connectivity index is 1.84. The van der Waals surface area contributed by atoms with Gasteiger partial charge in [0.05, 0.1) is 0 Å². The van der Waals surface area contributed by atoms with Crippen molar-refractivity contribution in [3.63, 3.8) is 0 Å². The minimum absolute atomic E-state index is 0.0996. The van der Waals surface area contributed by atoms with E-state index >= 15 is 0 Å². The van der Waals surface area contributed by atoms with E-state index in [2.05, 4.69) is 79.8 Å². The van der Waals surface area contributed by atoms with Gasteiger partial charge in [0.25, 0.3) is 0 Å². The molecule has 2 aromatic carbocycles. The Bertz CT molecular complexity index is 745. The van der Waals surface area contributed by atoms with E-state index in [0.29, 0.717) is 11.8 Å². The molecular weight excluding hydrogens is 402 g/mol. The molecule has 0 radical (unpaired) electrons. The Labute approximate surface area is 152 Å². The summed E-state index contributed by atoms with van der Waals surface area (Å²) in [4.78, 5) is 0. The maximum atomic E-state index is 6.77. The Kier molecular flexibility index (Phi) is 4.16. The fraction of sp³-hybridized carbons (Fsp3) is 0.200. The van der Waals surface area contributed by atoms with Crippen molar-refractivity contribution < 1.29 is 19.4 Å². The molecule has 0 nitrogen and oxygen atoms in total. The van der Waals surface area contributed by atoms with Crippen molar-refractivity contribution in [1.29, 1.82) is 0 Å². The molecule has 0 aliphatic heterocycles. The molecule has 0 heterocycles. The number of rotatable bonds is 3. The Morgan fingerprint density at radius 1 is 0.783 bits per heavy atom. The van der Waals surface area contributed by atoms with Crippen LogP contribution >= 0.6 is 17.0 Å². The van der Waals surface area contributed by atoms with Crippen LogP contribution in [0.1, 0.15) is 41.0 Å². The third-order valence-corrected chi connectivity index (χ3v) is 13.6. The van der Waals surface area contributed by atoms with E-state index < -0.39 is 19.4 Å². The van der Waals surface area contributed by atoms with Crippen molar-refractivity contribution in [2.75, 3.05) is 0 Å². The predicted octanol–water partition coefficient (Wildman–Crippen LogP) is 6.71. The van der Waals surface area contributed by atoms with Crippen molar-refractivity contribution in [2.45, 2.75) is 21.9 Å². The van der Waals surface area contributed by atoms with E-state index in [1.54, 1.807) is 0 Å². The molecule has 0 saturated heterocycles. The van der Waals surface area contributed by atoms with Gasteiger partial charge >= 0.3 is 153 Å². The van der Waals surface area contributed by atoms with Gasteiger partial charge < -0.3 is 0 Å². The van der Waals surface area contributed by atoms with Crippen LogP contribution in [0.3, 0.4) is 0 Å². The summed E-state index contributed by atoms with van der Waals surface area (Å²) in [7, 11) is 13.5. The number of fused-ring (bicyclic) bond motifs is 2. The molecule has 0 spiro atoms. The van der Waals surface area contributed by atoms with E-state index in [1.807, 2.05) is 0 Å². The zero-order valence-corrected chi connectivity index (χ0v) is 16.8. The van der Waals surface area contributed by atoms with Gasteiger partial charge in [-0.25, -0.2) is 0 Å². The van der Waals surface area contributed by atoms with E-state index in [0.717, 1.165) is 0 Å². The van der Waals surface area contributed by atoms with Crippen molar-refractivity contribution >= 4 is 29.2 Å². The van der Waals surface area contributed by atoms with E-state index in [9.17, 15) is 0 Å². The summed E-state index contributed by atoms with van der Waals surface area (Å²) < 4.78 is -0.0996. The molecule has 0 amide bonds. The molecular formula is C20H17Cl2Zr. The van der Waals surface area contributed by atoms with Crippen molar-refractivity contribution in [3.05, 3.63) is 82.9 Å². The summed E-state index contributed by atoms with van der Waals surface area (Å²) in [6.45, 7) is 2.30. The average Bonchev–Trinajstić information content (AvgIpc) is 3.18. The summed E-state index contributed by atoms with van der Waals surface area (Å²) >= 11 is -2.61. The zero-order valence-electron chi connectivity index (χ0n) is 12.8. The first-order valence-corrected chi connectivity index (χ1v) is 15.4. The van der Waals surface area contributed by atoms with Crippen LogP contribution in [0.25, 0.3) is 12.2 Å². The van der Waals surface area contributed by atoms with Gasteiger partial charge in [0.1, 0.15) is 0 Å². The molecule has 2 atom stereocenters. The number of hydrogen-bond acceptors (Lipinski definition) is 0. The van der Waals surface area contributed by atoms with Crippen LogP contribution in [-0.2, 0) is 19.4 Å². The van der Waals surface area contributed by atoms with Crippen LogP contribution in [0.2, 0.25) is 3.12 Å². The van der Waals surface area contributed by atoms with E-state index in [4.69, 9.17) is 17.0 Å². The van der Waals surface area contributed by atoms with Crippen molar-refractivity contribution in [2.24, 2.45) is 0 Å². The molecule has 115 valence electrons. The minimum atomic E-state index is -2.61. The second kappa shape index (κ2) is 6.03. The summed E-state index contributed by atoms with van der Waals surface area (Å²) in [5.41, 5.74) is 5.34. The first kappa shape index (κ1) is 15.9. The number of benzene rings is 2. The predicted molar refractivity (Wildman–Crippen MR) is 96.5 cm³/mol. The molecule has 4 rings (SSSR count). The van der Waals surface area contributed by atoms with E-state index in [-0.39, 0.29) is 3.12 Å². The van der Waals surface area contributed by atoms with Gasteiger partial charge in [0, 0.05) is 0 Å². The monoisotopic (exact) mass is 417 g/mol. The zero-order chi connectivity index (χ0) is 16.0. The van der Waals surface area contributed by atoms with Gasteiger partial charge in [-0.3, -0.25) is 0 Å². The molecule has 0 aromatic heterocycles. The summed E-state index contributed by atoms with van der Waals surface area (Å²) in [6, 6.07) is 17.2. The standard InChI is InChI=1S/C20H17.2ClH.Zr/c1-14(17-12-10-15-6-2-4-8-19(15)17)18-13-11-16-7-3-5-9-20(16)18;;;/h2-13,17-18H,1H3;2*1H;/q;;;+2/p-2. The van der Waals surface area contributed by atoms with Gasteiger partial charge in [-0.05, 0) is 0 Å². The fourth-order valence-electron chi connectivity index (χ4n) is 3.97. The number of hydrogen-bond donors (Lipinski definition) is 0. The average molecular weight is 419 g/mol. The molecule has 2 aromatic rings. The van der Waals surface area contributed by atoms with Crippen molar-refractivity contribution in [1.82, 2.24) is 0 Å². The van der Waals surface area contributed by atoms with E-state index in [1.165, 1.54) is 22.3 Å². The number of allylic oxidation sites excluding steroid dienone is 2. The molecule has 0 saturated carbocycles. The second-order valence-electron chi connectivity index (χ2n) is 6.47. The maximum absolute atomic E-state index is 6.77. The second-order valence-corrected chi connectivity index (χ2v) is 16.0. The molecule has 2 unspecified atom stereocenters. The quantitative estimate of drug-likeness (QED) is 0.519. The SMILES string of the molecule is C[C](C1C=Cc2ccccc21)(C1C=Cc2ccccc21)[Zr]([Cl])[Cl]. The number of halogens is 2. The first-order valence-electron chi connectivity index (χ1n) is 7.85. The topological polar surface area (TPSA) is 0 Å². The third kappa shape index (κ3) is 2.44. The molecule has 2 aliphatic carbocycles. The summed E-state index contributed by atoms with van der Waals surface area (Å²) in [5.74, 6) is 0.591. The van der Waals surface area contributed by atoms with Crippen molar-refractivity contribution in [3.8, 4) is 0 Å². The molecule has 0 N–H and O–H groups in total. The van der Waals surface area contributed by atoms with Crippen LogP contribution in [-0.4, -0.2) is 0 Å². The molecule has 0 bridgehead atoms. The van der Waals surface area contributed by atoms with Crippen LogP contribution in [0.15, 0.2) is 60.7 Å². The Morgan fingerprint density at radius 2 is 1.22 bits per heavy atom. The van der Waals surface area contributed by atoms with Crippen LogP contribution in [0.5, 0.6) is 0 Å². The molecule has 3 heteroatoms. The Hall–Kier alpha value is -0.617. The molecule has 2 aliphatic rings.